The van der Waals surface area contributed by atoms with Crippen molar-refractivity contribution in [3.63, 3.8) is 0 Å². The Kier molecular flexibility index (Phi) is 7.81. The molecule has 0 bridgehead atoms. The molecule has 0 aliphatic rings. The van der Waals surface area contributed by atoms with Gasteiger partial charge in [-0.1, -0.05) is 109 Å². The zero-order chi connectivity index (χ0) is 24.5. The second-order valence-corrected chi connectivity index (χ2v) is 7.91. The smallest absolute Gasteiger partial charge is 0.380 e. The van der Waals surface area contributed by atoms with Gasteiger partial charge in [-0.05, 0) is 23.3 Å². The van der Waals surface area contributed by atoms with E-state index in [0.717, 1.165) is 5.56 Å². The van der Waals surface area contributed by atoms with Crippen molar-refractivity contribution in [2.75, 3.05) is 0 Å². The molecule has 0 spiro atoms. The highest BCUT2D eigenvalue weighted by Gasteiger charge is 2.29. The number of ether oxygens (including phenoxy) is 2. The first-order valence-corrected chi connectivity index (χ1v) is 11.3. The van der Waals surface area contributed by atoms with Crippen LogP contribution in [0.2, 0.25) is 0 Å². The summed E-state index contributed by atoms with van der Waals surface area (Å²) in [6, 6.07) is 35.3. The van der Waals surface area contributed by atoms with Gasteiger partial charge >= 0.3 is 11.9 Å². The third kappa shape index (κ3) is 6.30. The van der Waals surface area contributed by atoms with Gasteiger partial charge in [0, 0.05) is 12.0 Å². The van der Waals surface area contributed by atoms with Gasteiger partial charge < -0.3 is 9.47 Å². The van der Waals surface area contributed by atoms with Crippen molar-refractivity contribution >= 4 is 17.7 Å². The summed E-state index contributed by atoms with van der Waals surface area (Å²) >= 11 is 0. The van der Waals surface area contributed by atoms with Gasteiger partial charge in [-0.15, -0.1) is 0 Å². The lowest BCUT2D eigenvalue weighted by molar-refractivity contribution is -0.145. The number of Topliss-reactive ketones (excluding diaryl/α,β-unsaturated/α-hetero) is 1. The summed E-state index contributed by atoms with van der Waals surface area (Å²) in [5, 5.41) is 0. The van der Waals surface area contributed by atoms with E-state index >= 15 is 0 Å². The molecule has 0 saturated carbocycles. The van der Waals surface area contributed by atoms with Gasteiger partial charge in [0.15, 0.2) is 0 Å². The van der Waals surface area contributed by atoms with E-state index in [1.165, 1.54) is 0 Å². The van der Waals surface area contributed by atoms with Crippen LogP contribution in [0, 0.1) is 0 Å². The lowest BCUT2D eigenvalue weighted by Gasteiger charge is -2.24. The number of benzene rings is 4. The quantitative estimate of drug-likeness (QED) is 0.169. The minimum Gasteiger partial charge on any atom is -0.454 e. The van der Waals surface area contributed by atoms with Crippen molar-refractivity contribution in [1.82, 2.24) is 0 Å². The van der Waals surface area contributed by atoms with Gasteiger partial charge in [0.1, 0.15) is 12.2 Å². The Balaban J connectivity index is 1.61. The van der Waals surface area contributed by atoms with Gasteiger partial charge in [0.2, 0.25) is 0 Å². The molecule has 4 aromatic carbocycles. The molecular formula is C30H24O5. The summed E-state index contributed by atoms with van der Waals surface area (Å²) in [4.78, 5) is 38.4. The molecular weight excluding hydrogens is 440 g/mol. The summed E-state index contributed by atoms with van der Waals surface area (Å²) in [6.45, 7) is 0. The van der Waals surface area contributed by atoms with Crippen LogP contribution in [0.5, 0.6) is 0 Å². The molecule has 2 atom stereocenters. The molecule has 0 heterocycles. The zero-order valence-corrected chi connectivity index (χ0v) is 19.0. The standard InChI is InChI=1S/C30H24O5/c31-28(24-17-9-3-10-18-24)30(33)35-27(23-15-7-2-8-16-23)21-26(22-13-5-1-6-14-22)34-29(32)25-19-11-4-12-20-25/h1-20,26-27H,21H2. The van der Waals surface area contributed by atoms with Crippen LogP contribution < -0.4 is 0 Å². The average Bonchev–Trinajstić information content (AvgIpc) is 2.93. The van der Waals surface area contributed by atoms with E-state index < -0.39 is 29.9 Å². The predicted molar refractivity (Wildman–Crippen MR) is 132 cm³/mol. The molecule has 0 aromatic heterocycles. The normalized spacial score (nSPS) is 12.2. The van der Waals surface area contributed by atoms with Crippen LogP contribution >= 0.6 is 0 Å². The molecule has 0 saturated heterocycles. The zero-order valence-electron chi connectivity index (χ0n) is 19.0. The number of carbonyl (C=O) groups excluding carboxylic acids is 3. The molecule has 0 N–H and O–H groups in total. The van der Waals surface area contributed by atoms with Crippen LogP contribution in [0.15, 0.2) is 121 Å². The molecule has 2 unspecified atom stereocenters. The third-order valence-corrected chi connectivity index (χ3v) is 5.50. The van der Waals surface area contributed by atoms with E-state index in [1.807, 2.05) is 66.7 Å². The van der Waals surface area contributed by atoms with Crippen LogP contribution in [0.3, 0.4) is 0 Å². The summed E-state index contributed by atoms with van der Waals surface area (Å²) in [7, 11) is 0. The first-order valence-electron chi connectivity index (χ1n) is 11.3. The molecule has 0 radical (unpaired) electrons. The van der Waals surface area contributed by atoms with E-state index in [9.17, 15) is 14.4 Å². The third-order valence-electron chi connectivity index (χ3n) is 5.50. The highest BCUT2D eigenvalue weighted by atomic mass is 16.6. The number of carbonyl (C=O) groups is 3. The maximum Gasteiger partial charge on any atom is 0.380 e. The number of esters is 2. The fourth-order valence-electron chi connectivity index (χ4n) is 3.70. The summed E-state index contributed by atoms with van der Waals surface area (Å²) in [5.74, 6) is -2.19. The Hall–Kier alpha value is -4.51. The Bertz CT molecular complexity index is 1260. The fraction of sp³-hybridized carbons (Fsp3) is 0.100. The van der Waals surface area contributed by atoms with E-state index in [4.69, 9.17) is 9.47 Å². The van der Waals surface area contributed by atoms with E-state index in [1.54, 1.807) is 54.6 Å². The molecule has 0 amide bonds. The molecule has 4 aromatic rings. The minimum atomic E-state index is -0.966. The van der Waals surface area contributed by atoms with Crippen molar-refractivity contribution in [2.24, 2.45) is 0 Å². The minimum absolute atomic E-state index is 0.139. The monoisotopic (exact) mass is 464 g/mol. The highest BCUT2D eigenvalue weighted by molar-refractivity contribution is 6.40. The van der Waals surface area contributed by atoms with Gasteiger partial charge in [0.05, 0.1) is 5.56 Å². The molecule has 0 aliphatic heterocycles. The molecule has 35 heavy (non-hydrogen) atoms. The Morgan fingerprint density at radius 1 is 0.514 bits per heavy atom. The van der Waals surface area contributed by atoms with Crippen LogP contribution in [-0.4, -0.2) is 17.7 Å². The Morgan fingerprint density at radius 2 is 0.914 bits per heavy atom. The van der Waals surface area contributed by atoms with E-state index in [0.29, 0.717) is 11.1 Å². The molecule has 5 nitrogen and oxygen atoms in total. The van der Waals surface area contributed by atoms with Gasteiger partial charge in [-0.2, -0.15) is 0 Å². The molecule has 4 rings (SSSR count). The molecule has 174 valence electrons. The van der Waals surface area contributed by atoms with Crippen LogP contribution in [0.25, 0.3) is 0 Å². The average molecular weight is 465 g/mol. The number of rotatable bonds is 9. The van der Waals surface area contributed by atoms with Gasteiger partial charge in [0.25, 0.3) is 5.78 Å². The van der Waals surface area contributed by atoms with E-state index in [2.05, 4.69) is 0 Å². The number of ketones is 1. The predicted octanol–water partition coefficient (Wildman–Crippen LogP) is 6.14. The number of hydrogen-bond acceptors (Lipinski definition) is 5. The second kappa shape index (κ2) is 11.6. The fourth-order valence-corrected chi connectivity index (χ4v) is 3.70. The summed E-state index contributed by atoms with van der Waals surface area (Å²) in [5.41, 5.74) is 2.11. The first kappa shape index (κ1) is 23.6. The van der Waals surface area contributed by atoms with E-state index in [-0.39, 0.29) is 12.0 Å². The highest BCUT2D eigenvalue weighted by Crippen LogP contribution is 2.33. The molecule has 0 aliphatic carbocycles. The van der Waals surface area contributed by atoms with Crippen molar-refractivity contribution in [2.45, 2.75) is 18.6 Å². The SMILES string of the molecule is O=C(OC(CC(OC(=O)c1ccccc1)c1ccccc1)c1ccccc1)C(=O)c1ccccc1. The maximum atomic E-state index is 12.9. The lowest BCUT2D eigenvalue weighted by atomic mass is 9.98. The maximum absolute atomic E-state index is 12.9. The Labute approximate surface area is 204 Å². The van der Waals surface area contributed by atoms with Gasteiger partial charge in [-0.3, -0.25) is 4.79 Å². The van der Waals surface area contributed by atoms with Crippen molar-refractivity contribution in [3.8, 4) is 0 Å². The molecule has 0 fully saturated rings. The van der Waals surface area contributed by atoms with Crippen molar-refractivity contribution in [3.05, 3.63) is 144 Å². The number of hydrogen-bond donors (Lipinski definition) is 0. The Morgan fingerprint density at radius 3 is 1.40 bits per heavy atom. The van der Waals surface area contributed by atoms with Crippen molar-refractivity contribution < 1.29 is 23.9 Å². The topological polar surface area (TPSA) is 69.7 Å². The molecule has 5 heteroatoms. The summed E-state index contributed by atoms with van der Waals surface area (Å²) in [6.07, 6.45) is -1.39. The first-order chi connectivity index (χ1) is 17.1. The summed E-state index contributed by atoms with van der Waals surface area (Å²) < 4.78 is 11.6. The second-order valence-electron chi connectivity index (χ2n) is 7.91. The lowest BCUT2D eigenvalue weighted by Crippen LogP contribution is -2.23. The van der Waals surface area contributed by atoms with Gasteiger partial charge in [-0.25, -0.2) is 9.59 Å². The van der Waals surface area contributed by atoms with Crippen LogP contribution in [0.4, 0.5) is 0 Å². The largest absolute Gasteiger partial charge is 0.454 e. The van der Waals surface area contributed by atoms with Crippen molar-refractivity contribution in [1.29, 1.82) is 0 Å². The van der Waals surface area contributed by atoms with Crippen LogP contribution in [0.1, 0.15) is 50.5 Å². The van der Waals surface area contributed by atoms with Crippen LogP contribution in [-0.2, 0) is 14.3 Å².